The molecule has 22 heavy (non-hydrogen) atoms. The largest absolute Gasteiger partial charge is 0.375 e. The van der Waals surface area contributed by atoms with E-state index in [2.05, 4.69) is 36.3 Å². The Labute approximate surface area is 133 Å². The Bertz CT molecular complexity index is 578. The van der Waals surface area contributed by atoms with Gasteiger partial charge in [-0.15, -0.1) is 0 Å². The van der Waals surface area contributed by atoms with Gasteiger partial charge in [-0.05, 0) is 42.7 Å². The molecular weight excluding hydrogens is 272 g/mol. The SMILES string of the molecule is CCc1ccc(C(=O)NCCCN(C)c2ccccc2)cc1. The Balaban J connectivity index is 1.72. The van der Waals surface area contributed by atoms with Gasteiger partial charge < -0.3 is 10.2 Å². The number of hydrogen-bond donors (Lipinski definition) is 1. The summed E-state index contributed by atoms with van der Waals surface area (Å²) in [6, 6.07) is 18.1. The fourth-order valence-electron chi connectivity index (χ4n) is 2.32. The molecule has 2 aromatic carbocycles. The molecule has 0 aromatic heterocycles. The molecule has 2 aromatic rings. The van der Waals surface area contributed by atoms with E-state index in [1.807, 2.05) is 42.5 Å². The number of anilines is 1. The lowest BCUT2D eigenvalue weighted by Gasteiger charge is -2.19. The lowest BCUT2D eigenvalue weighted by molar-refractivity contribution is 0.0953. The van der Waals surface area contributed by atoms with Crippen molar-refractivity contribution in [2.24, 2.45) is 0 Å². The van der Waals surface area contributed by atoms with Gasteiger partial charge in [0, 0.05) is 31.4 Å². The molecule has 1 N–H and O–H groups in total. The van der Waals surface area contributed by atoms with Crippen LogP contribution in [0.1, 0.15) is 29.3 Å². The lowest BCUT2D eigenvalue weighted by atomic mass is 10.1. The summed E-state index contributed by atoms with van der Waals surface area (Å²) in [5.41, 5.74) is 3.18. The average molecular weight is 296 g/mol. The van der Waals surface area contributed by atoms with Gasteiger partial charge in [0.15, 0.2) is 0 Å². The van der Waals surface area contributed by atoms with Crippen molar-refractivity contribution in [2.75, 3.05) is 25.0 Å². The first-order valence-electron chi connectivity index (χ1n) is 7.84. The first-order valence-corrected chi connectivity index (χ1v) is 7.84. The normalized spacial score (nSPS) is 10.3. The van der Waals surface area contributed by atoms with Gasteiger partial charge in [0.05, 0.1) is 0 Å². The Kier molecular flexibility index (Phi) is 6.01. The monoisotopic (exact) mass is 296 g/mol. The van der Waals surface area contributed by atoms with Gasteiger partial charge in [-0.2, -0.15) is 0 Å². The number of hydrogen-bond acceptors (Lipinski definition) is 2. The maximum atomic E-state index is 12.0. The molecule has 3 heteroatoms. The van der Waals surface area contributed by atoms with E-state index < -0.39 is 0 Å². The van der Waals surface area contributed by atoms with Crippen molar-refractivity contribution in [2.45, 2.75) is 19.8 Å². The topological polar surface area (TPSA) is 32.3 Å². The van der Waals surface area contributed by atoms with Crippen LogP contribution in [0.4, 0.5) is 5.69 Å². The first-order chi connectivity index (χ1) is 10.7. The van der Waals surface area contributed by atoms with Crippen molar-refractivity contribution in [3.05, 3.63) is 65.7 Å². The molecule has 0 fully saturated rings. The van der Waals surface area contributed by atoms with E-state index in [1.165, 1.54) is 11.3 Å². The van der Waals surface area contributed by atoms with Crippen molar-refractivity contribution in [1.82, 2.24) is 5.32 Å². The van der Waals surface area contributed by atoms with E-state index >= 15 is 0 Å². The number of carbonyl (C=O) groups excluding carboxylic acids is 1. The van der Waals surface area contributed by atoms with Crippen molar-refractivity contribution in [3.8, 4) is 0 Å². The molecule has 0 atom stereocenters. The third kappa shape index (κ3) is 4.62. The molecule has 0 radical (unpaired) electrons. The van der Waals surface area contributed by atoms with Crippen molar-refractivity contribution in [3.63, 3.8) is 0 Å². The standard InChI is InChI=1S/C19H24N2O/c1-3-16-10-12-17(13-11-16)19(22)20-14-7-15-21(2)18-8-5-4-6-9-18/h4-6,8-13H,3,7,14-15H2,1-2H3,(H,20,22). The third-order valence-corrected chi connectivity index (χ3v) is 3.78. The fraction of sp³-hybridized carbons (Fsp3) is 0.316. The molecule has 2 rings (SSSR count). The molecule has 116 valence electrons. The number of nitrogens with zero attached hydrogens (tertiary/aromatic N) is 1. The molecule has 0 unspecified atom stereocenters. The van der Waals surface area contributed by atoms with E-state index in [1.54, 1.807) is 0 Å². The van der Waals surface area contributed by atoms with Crippen LogP contribution in [0, 0.1) is 0 Å². The first kappa shape index (κ1) is 16.1. The summed E-state index contributed by atoms with van der Waals surface area (Å²) in [6.45, 7) is 3.71. The highest BCUT2D eigenvalue weighted by molar-refractivity contribution is 5.94. The summed E-state index contributed by atoms with van der Waals surface area (Å²) < 4.78 is 0. The number of carbonyl (C=O) groups is 1. The maximum absolute atomic E-state index is 12.0. The predicted octanol–water partition coefficient (Wildman–Crippen LogP) is 3.51. The van der Waals surface area contributed by atoms with Gasteiger partial charge in [0.1, 0.15) is 0 Å². The molecule has 0 heterocycles. The van der Waals surface area contributed by atoms with Crippen molar-refractivity contribution in [1.29, 1.82) is 0 Å². The molecule has 0 saturated heterocycles. The molecule has 0 aliphatic carbocycles. The Morgan fingerprint density at radius 3 is 2.36 bits per heavy atom. The second kappa shape index (κ2) is 8.23. The lowest BCUT2D eigenvalue weighted by Crippen LogP contribution is -2.28. The highest BCUT2D eigenvalue weighted by Crippen LogP contribution is 2.10. The van der Waals surface area contributed by atoms with E-state index in [9.17, 15) is 4.79 Å². The molecule has 3 nitrogen and oxygen atoms in total. The summed E-state index contributed by atoms with van der Waals surface area (Å²) >= 11 is 0. The molecule has 0 aliphatic rings. The van der Waals surface area contributed by atoms with Gasteiger partial charge >= 0.3 is 0 Å². The number of rotatable bonds is 7. The number of nitrogens with one attached hydrogen (secondary N) is 1. The van der Waals surface area contributed by atoms with Gasteiger partial charge in [0.2, 0.25) is 0 Å². The van der Waals surface area contributed by atoms with Crippen LogP contribution in [0.5, 0.6) is 0 Å². The summed E-state index contributed by atoms with van der Waals surface area (Å²) in [4.78, 5) is 14.2. The van der Waals surface area contributed by atoms with Crippen LogP contribution in [0.15, 0.2) is 54.6 Å². The minimum Gasteiger partial charge on any atom is -0.375 e. The van der Waals surface area contributed by atoms with Gasteiger partial charge in [-0.3, -0.25) is 4.79 Å². The number of benzene rings is 2. The fourth-order valence-corrected chi connectivity index (χ4v) is 2.32. The predicted molar refractivity (Wildman–Crippen MR) is 92.5 cm³/mol. The highest BCUT2D eigenvalue weighted by Gasteiger charge is 2.05. The Hall–Kier alpha value is -2.29. The number of para-hydroxylation sites is 1. The molecule has 0 bridgehead atoms. The van der Waals surface area contributed by atoms with Crippen molar-refractivity contribution >= 4 is 11.6 Å². The summed E-state index contributed by atoms with van der Waals surface area (Å²) in [5.74, 6) is 0.00465. The Morgan fingerprint density at radius 2 is 1.73 bits per heavy atom. The zero-order valence-electron chi connectivity index (χ0n) is 13.4. The van der Waals surface area contributed by atoms with Crippen LogP contribution in [-0.2, 0) is 6.42 Å². The van der Waals surface area contributed by atoms with Gasteiger partial charge in [-0.1, -0.05) is 37.3 Å². The minimum atomic E-state index is 0.00465. The smallest absolute Gasteiger partial charge is 0.251 e. The molecule has 0 aliphatic heterocycles. The van der Waals surface area contributed by atoms with Gasteiger partial charge in [-0.25, -0.2) is 0 Å². The highest BCUT2D eigenvalue weighted by atomic mass is 16.1. The van der Waals surface area contributed by atoms with Crippen LogP contribution < -0.4 is 10.2 Å². The summed E-state index contributed by atoms with van der Waals surface area (Å²) in [6.07, 6.45) is 1.91. The van der Waals surface area contributed by atoms with E-state index in [0.29, 0.717) is 6.54 Å². The summed E-state index contributed by atoms with van der Waals surface area (Å²) in [5, 5.41) is 2.98. The third-order valence-electron chi connectivity index (χ3n) is 3.78. The van der Waals surface area contributed by atoms with Crippen LogP contribution >= 0.6 is 0 Å². The van der Waals surface area contributed by atoms with Gasteiger partial charge in [0.25, 0.3) is 5.91 Å². The quantitative estimate of drug-likeness (QED) is 0.793. The molecular formula is C19H24N2O. The minimum absolute atomic E-state index is 0.00465. The molecule has 1 amide bonds. The van der Waals surface area contributed by atoms with Crippen molar-refractivity contribution < 1.29 is 4.79 Å². The molecule has 0 spiro atoms. The van der Waals surface area contributed by atoms with Crippen LogP contribution in [0.25, 0.3) is 0 Å². The molecule has 0 saturated carbocycles. The zero-order valence-corrected chi connectivity index (χ0v) is 13.4. The van der Waals surface area contributed by atoms with Crippen LogP contribution in [0.2, 0.25) is 0 Å². The Morgan fingerprint density at radius 1 is 1.05 bits per heavy atom. The van der Waals surface area contributed by atoms with Crippen LogP contribution in [-0.4, -0.2) is 26.0 Å². The van der Waals surface area contributed by atoms with E-state index in [-0.39, 0.29) is 5.91 Å². The summed E-state index contributed by atoms with van der Waals surface area (Å²) in [7, 11) is 2.07. The average Bonchev–Trinajstić information content (AvgIpc) is 2.59. The van der Waals surface area contributed by atoms with E-state index in [4.69, 9.17) is 0 Å². The maximum Gasteiger partial charge on any atom is 0.251 e. The number of amides is 1. The second-order valence-corrected chi connectivity index (χ2v) is 5.42. The number of aryl methyl sites for hydroxylation is 1. The van der Waals surface area contributed by atoms with Crippen LogP contribution in [0.3, 0.4) is 0 Å². The van der Waals surface area contributed by atoms with E-state index in [0.717, 1.165) is 24.9 Å². The second-order valence-electron chi connectivity index (χ2n) is 5.42. The zero-order chi connectivity index (χ0) is 15.8.